The summed E-state index contributed by atoms with van der Waals surface area (Å²) < 4.78 is 4.53. The zero-order valence-corrected chi connectivity index (χ0v) is 10.5. The van der Waals surface area contributed by atoms with Gasteiger partial charge in [-0.2, -0.15) is 0 Å². The third kappa shape index (κ3) is 3.74. The fraction of sp³-hybridized carbons (Fsp3) is 0.600. The molecule has 0 aliphatic heterocycles. The normalized spacial score (nSPS) is 14.4. The van der Waals surface area contributed by atoms with Crippen LogP contribution in [-0.4, -0.2) is 48.0 Å². The van der Waals surface area contributed by atoms with E-state index in [0.29, 0.717) is 22.9 Å². The molecule has 96 valence electrons. The van der Waals surface area contributed by atoms with Gasteiger partial charge in [0.05, 0.1) is 19.4 Å². The summed E-state index contributed by atoms with van der Waals surface area (Å²) in [4.78, 5) is 15.4. The van der Waals surface area contributed by atoms with E-state index in [9.17, 15) is 15.0 Å². The van der Waals surface area contributed by atoms with Crippen LogP contribution < -0.4 is 5.32 Å². The Morgan fingerprint density at radius 2 is 2.35 bits per heavy atom. The molecule has 0 bridgehead atoms. The number of nitrogens with zero attached hydrogens (tertiary/aromatic N) is 1. The lowest BCUT2D eigenvalue weighted by atomic mass is 10.1. The molecule has 6 nitrogen and oxygen atoms in total. The summed E-state index contributed by atoms with van der Waals surface area (Å²) >= 11 is 1.02. The number of carbonyl (C=O) groups excluding carboxylic acids is 1. The first-order chi connectivity index (χ1) is 8.10. The van der Waals surface area contributed by atoms with E-state index in [0.717, 1.165) is 11.3 Å². The number of methoxy groups -OCH3 is 1. The van der Waals surface area contributed by atoms with Gasteiger partial charge in [0, 0.05) is 0 Å². The first kappa shape index (κ1) is 14.0. The van der Waals surface area contributed by atoms with Gasteiger partial charge < -0.3 is 20.3 Å². The van der Waals surface area contributed by atoms with E-state index < -0.39 is 18.2 Å². The maximum absolute atomic E-state index is 11.2. The minimum Gasteiger partial charge on any atom is -0.465 e. The van der Waals surface area contributed by atoms with Crippen LogP contribution in [0.5, 0.6) is 0 Å². The average Bonchev–Trinajstić information content (AvgIpc) is 2.83. The second-order valence-electron chi connectivity index (χ2n) is 3.46. The fourth-order valence-corrected chi connectivity index (χ4v) is 2.11. The molecule has 2 unspecified atom stereocenters. The van der Waals surface area contributed by atoms with Crippen molar-refractivity contribution in [3.8, 4) is 0 Å². The van der Waals surface area contributed by atoms with E-state index in [-0.39, 0.29) is 0 Å². The maximum atomic E-state index is 11.2. The van der Waals surface area contributed by atoms with E-state index in [1.165, 1.54) is 13.3 Å². The highest BCUT2D eigenvalue weighted by Gasteiger charge is 2.22. The van der Waals surface area contributed by atoms with Gasteiger partial charge in [0.25, 0.3) is 0 Å². The van der Waals surface area contributed by atoms with Gasteiger partial charge in [0.1, 0.15) is 16.0 Å². The summed E-state index contributed by atoms with van der Waals surface area (Å²) in [5, 5.41) is 22.7. The summed E-state index contributed by atoms with van der Waals surface area (Å²) in [5.74, 6) is -0.495. The summed E-state index contributed by atoms with van der Waals surface area (Å²) in [6, 6.07) is 0. The number of aliphatic hydroxyl groups is 2. The molecule has 7 heteroatoms. The highest BCUT2D eigenvalue weighted by molar-refractivity contribution is 7.13. The molecule has 1 heterocycles. The minimum absolute atomic E-state index is 0.308. The van der Waals surface area contributed by atoms with Crippen LogP contribution >= 0.6 is 11.3 Å². The van der Waals surface area contributed by atoms with Gasteiger partial charge >= 0.3 is 5.97 Å². The average molecular weight is 260 g/mol. The quantitative estimate of drug-likeness (QED) is 0.620. The SMILES string of the molecule is CNCCC(O)C(O)c1ncc(C(=O)OC)s1. The van der Waals surface area contributed by atoms with Crippen LogP contribution in [0.25, 0.3) is 0 Å². The highest BCUT2D eigenvalue weighted by Crippen LogP contribution is 2.24. The molecule has 0 aliphatic carbocycles. The lowest BCUT2D eigenvalue weighted by Crippen LogP contribution is -2.23. The molecule has 0 aliphatic rings. The second kappa shape index (κ2) is 6.65. The van der Waals surface area contributed by atoms with Gasteiger partial charge in [-0.15, -0.1) is 11.3 Å². The Hall–Kier alpha value is -1.02. The molecule has 0 fully saturated rings. The molecule has 17 heavy (non-hydrogen) atoms. The molecule has 2 atom stereocenters. The first-order valence-corrected chi connectivity index (χ1v) is 5.96. The van der Waals surface area contributed by atoms with Gasteiger partial charge in [0.15, 0.2) is 0 Å². The van der Waals surface area contributed by atoms with Gasteiger partial charge in [0.2, 0.25) is 0 Å². The predicted octanol–water partition coefficient (Wildman–Crippen LogP) is -0.0665. The van der Waals surface area contributed by atoms with Crippen LogP contribution in [0.2, 0.25) is 0 Å². The van der Waals surface area contributed by atoms with Crippen molar-refractivity contribution in [3.05, 3.63) is 16.1 Å². The largest absolute Gasteiger partial charge is 0.465 e. The first-order valence-electron chi connectivity index (χ1n) is 5.15. The Morgan fingerprint density at radius 1 is 1.65 bits per heavy atom. The lowest BCUT2D eigenvalue weighted by molar-refractivity contribution is 0.0139. The van der Waals surface area contributed by atoms with E-state index in [1.807, 2.05) is 0 Å². The van der Waals surface area contributed by atoms with E-state index in [1.54, 1.807) is 7.05 Å². The molecular weight excluding hydrogens is 244 g/mol. The Balaban J connectivity index is 2.65. The van der Waals surface area contributed by atoms with Crippen LogP contribution in [0, 0.1) is 0 Å². The third-order valence-electron chi connectivity index (χ3n) is 2.22. The molecule has 0 saturated carbocycles. The number of nitrogens with one attached hydrogen (secondary N) is 1. The molecule has 0 radical (unpaired) electrons. The molecule has 0 spiro atoms. The molecule has 1 aromatic heterocycles. The van der Waals surface area contributed by atoms with Crippen molar-refractivity contribution >= 4 is 17.3 Å². The van der Waals surface area contributed by atoms with Crippen molar-refractivity contribution in [2.24, 2.45) is 0 Å². The van der Waals surface area contributed by atoms with Crippen LogP contribution in [0.3, 0.4) is 0 Å². The van der Waals surface area contributed by atoms with Gasteiger partial charge in [-0.25, -0.2) is 9.78 Å². The molecule has 1 rings (SSSR count). The smallest absolute Gasteiger partial charge is 0.349 e. The zero-order valence-electron chi connectivity index (χ0n) is 9.71. The number of rotatable bonds is 6. The van der Waals surface area contributed by atoms with Crippen molar-refractivity contribution < 1.29 is 19.7 Å². The van der Waals surface area contributed by atoms with Gasteiger partial charge in [-0.05, 0) is 20.0 Å². The summed E-state index contributed by atoms with van der Waals surface area (Å²) in [7, 11) is 3.04. The number of aliphatic hydroxyl groups excluding tert-OH is 2. The number of hydrogen-bond acceptors (Lipinski definition) is 7. The summed E-state index contributed by atoms with van der Waals surface area (Å²) in [5.41, 5.74) is 0. The Bertz CT molecular complexity index is 369. The van der Waals surface area contributed by atoms with Crippen LogP contribution in [0.1, 0.15) is 27.2 Å². The molecule has 3 N–H and O–H groups in total. The number of thiazole rings is 1. The summed E-state index contributed by atoms with van der Waals surface area (Å²) in [6.07, 6.45) is -0.240. The topological polar surface area (TPSA) is 91.7 Å². The molecule has 1 aromatic rings. The monoisotopic (exact) mass is 260 g/mol. The lowest BCUT2D eigenvalue weighted by Gasteiger charge is -2.14. The van der Waals surface area contributed by atoms with E-state index in [4.69, 9.17) is 0 Å². The van der Waals surface area contributed by atoms with Crippen molar-refractivity contribution in [1.82, 2.24) is 10.3 Å². The molecule has 0 saturated heterocycles. The van der Waals surface area contributed by atoms with Crippen LogP contribution in [0.4, 0.5) is 0 Å². The van der Waals surface area contributed by atoms with Crippen molar-refractivity contribution in [3.63, 3.8) is 0 Å². The fourth-order valence-electron chi connectivity index (χ4n) is 1.23. The third-order valence-corrected chi connectivity index (χ3v) is 3.27. The Kier molecular flexibility index (Phi) is 5.49. The van der Waals surface area contributed by atoms with E-state index >= 15 is 0 Å². The highest BCUT2D eigenvalue weighted by atomic mass is 32.1. The second-order valence-corrected chi connectivity index (χ2v) is 4.52. The Labute approximate surface area is 103 Å². The van der Waals surface area contributed by atoms with Gasteiger partial charge in [-0.3, -0.25) is 0 Å². The van der Waals surface area contributed by atoms with Gasteiger partial charge in [-0.1, -0.05) is 0 Å². The number of hydrogen-bond donors (Lipinski definition) is 3. The zero-order chi connectivity index (χ0) is 12.8. The maximum Gasteiger partial charge on any atom is 0.349 e. The molecular formula is C10H16N2O4S. The number of ether oxygens (including phenoxy) is 1. The van der Waals surface area contributed by atoms with Crippen molar-refractivity contribution in [2.75, 3.05) is 20.7 Å². The van der Waals surface area contributed by atoms with Crippen LogP contribution in [0.15, 0.2) is 6.20 Å². The number of aromatic nitrogens is 1. The van der Waals surface area contributed by atoms with E-state index in [2.05, 4.69) is 15.0 Å². The Morgan fingerprint density at radius 3 is 2.94 bits per heavy atom. The molecule has 0 amide bonds. The number of carbonyl (C=O) groups is 1. The molecule has 0 aromatic carbocycles. The standard InChI is InChI=1S/C10H16N2O4S/c1-11-4-3-6(13)8(14)9-12-5-7(17-9)10(15)16-2/h5-6,8,11,13-14H,3-4H2,1-2H3. The summed E-state index contributed by atoms with van der Waals surface area (Å²) in [6.45, 7) is 0.591. The predicted molar refractivity (Wildman–Crippen MR) is 63.0 cm³/mol. The minimum atomic E-state index is -1.08. The van der Waals surface area contributed by atoms with Crippen LogP contribution in [-0.2, 0) is 4.74 Å². The number of esters is 1. The van der Waals surface area contributed by atoms with Crippen molar-refractivity contribution in [2.45, 2.75) is 18.6 Å². The van der Waals surface area contributed by atoms with Crippen molar-refractivity contribution in [1.29, 1.82) is 0 Å².